The first kappa shape index (κ1) is 13.5. The summed E-state index contributed by atoms with van der Waals surface area (Å²) in [6, 6.07) is 0. The van der Waals surface area contributed by atoms with Crippen LogP contribution in [0.4, 0.5) is 0 Å². The zero-order chi connectivity index (χ0) is 12.2. The van der Waals surface area contributed by atoms with Gasteiger partial charge < -0.3 is 15.4 Å². The van der Waals surface area contributed by atoms with Crippen LogP contribution in [0.1, 0.15) is 40.0 Å². The van der Waals surface area contributed by atoms with Gasteiger partial charge in [0.2, 0.25) is 5.91 Å². The van der Waals surface area contributed by atoms with Crippen LogP contribution in [-0.2, 0) is 9.53 Å². The van der Waals surface area contributed by atoms with Crippen LogP contribution in [0, 0.1) is 0 Å². The quantitative estimate of drug-likeness (QED) is 0.740. The van der Waals surface area contributed by atoms with Crippen molar-refractivity contribution in [2.75, 3.05) is 20.2 Å². The molecule has 16 heavy (non-hydrogen) atoms. The zero-order valence-electron chi connectivity index (χ0n) is 10.9. The first-order valence-corrected chi connectivity index (χ1v) is 5.94. The number of carbonyl (C=O) groups is 1. The highest BCUT2D eigenvalue weighted by atomic mass is 16.5. The molecule has 0 aliphatic carbocycles. The van der Waals surface area contributed by atoms with E-state index in [1.807, 2.05) is 13.8 Å². The van der Waals surface area contributed by atoms with E-state index in [9.17, 15) is 4.79 Å². The number of amides is 1. The molecule has 1 unspecified atom stereocenters. The molecule has 4 heteroatoms. The Bertz CT molecular complexity index is 245. The number of hydrogen-bond donors (Lipinski definition) is 2. The van der Waals surface area contributed by atoms with Gasteiger partial charge in [0.1, 0.15) is 0 Å². The zero-order valence-corrected chi connectivity index (χ0v) is 10.9. The standard InChI is InChI=1S/C12H24N2O2/c1-11(2,16-4)8-10(15)13-9-12(3)6-5-7-14-12/h14H,5-9H2,1-4H3,(H,13,15). The van der Waals surface area contributed by atoms with E-state index < -0.39 is 0 Å². The molecule has 1 atom stereocenters. The van der Waals surface area contributed by atoms with Gasteiger partial charge in [-0.15, -0.1) is 0 Å². The Morgan fingerprint density at radius 1 is 1.56 bits per heavy atom. The molecule has 1 saturated heterocycles. The number of nitrogens with one attached hydrogen (secondary N) is 2. The molecule has 0 bridgehead atoms. The molecule has 94 valence electrons. The van der Waals surface area contributed by atoms with Crippen LogP contribution in [0.3, 0.4) is 0 Å². The lowest BCUT2D eigenvalue weighted by molar-refractivity contribution is -0.126. The van der Waals surface area contributed by atoms with Gasteiger partial charge in [0.25, 0.3) is 0 Å². The minimum absolute atomic E-state index is 0.0572. The van der Waals surface area contributed by atoms with Crippen molar-refractivity contribution in [3.8, 4) is 0 Å². The van der Waals surface area contributed by atoms with Crippen LogP contribution in [0.25, 0.3) is 0 Å². The van der Waals surface area contributed by atoms with E-state index in [4.69, 9.17) is 4.74 Å². The van der Waals surface area contributed by atoms with Gasteiger partial charge in [-0.1, -0.05) is 0 Å². The van der Waals surface area contributed by atoms with Crippen molar-refractivity contribution in [1.29, 1.82) is 0 Å². The molecule has 1 amide bonds. The third-order valence-electron chi connectivity index (χ3n) is 3.27. The summed E-state index contributed by atoms with van der Waals surface area (Å²) in [5.74, 6) is 0.0572. The topological polar surface area (TPSA) is 50.4 Å². The van der Waals surface area contributed by atoms with Gasteiger partial charge in [0.15, 0.2) is 0 Å². The molecule has 0 spiro atoms. The third kappa shape index (κ3) is 4.10. The predicted octanol–water partition coefficient (Wildman–Crippen LogP) is 1.06. The number of carbonyl (C=O) groups excluding carboxylic acids is 1. The van der Waals surface area contributed by atoms with Gasteiger partial charge >= 0.3 is 0 Å². The molecule has 1 aliphatic rings. The maximum atomic E-state index is 11.7. The van der Waals surface area contributed by atoms with E-state index in [2.05, 4.69) is 17.6 Å². The second-order valence-corrected chi connectivity index (χ2v) is 5.51. The molecule has 0 saturated carbocycles. The Morgan fingerprint density at radius 2 is 2.25 bits per heavy atom. The first-order chi connectivity index (χ1) is 7.37. The highest BCUT2D eigenvalue weighted by Gasteiger charge is 2.29. The van der Waals surface area contributed by atoms with Crippen molar-refractivity contribution in [1.82, 2.24) is 10.6 Å². The molecular formula is C12H24N2O2. The van der Waals surface area contributed by atoms with Crippen LogP contribution < -0.4 is 10.6 Å². The van der Waals surface area contributed by atoms with Crippen LogP contribution in [0.2, 0.25) is 0 Å². The van der Waals surface area contributed by atoms with E-state index in [-0.39, 0.29) is 17.0 Å². The van der Waals surface area contributed by atoms with E-state index >= 15 is 0 Å². The fourth-order valence-corrected chi connectivity index (χ4v) is 1.92. The summed E-state index contributed by atoms with van der Waals surface area (Å²) in [7, 11) is 1.63. The van der Waals surface area contributed by atoms with Gasteiger partial charge in [0, 0.05) is 19.2 Å². The summed E-state index contributed by atoms with van der Waals surface area (Å²) in [4.78, 5) is 11.7. The van der Waals surface area contributed by atoms with Crippen LogP contribution in [0.15, 0.2) is 0 Å². The second kappa shape index (κ2) is 5.15. The van der Waals surface area contributed by atoms with Crippen LogP contribution >= 0.6 is 0 Å². The third-order valence-corrected chi connectivity index (χ3v) is 3.27. The van der Waals surface area contributed by atoms with Gasteiger partial charge in [-0.25, -0.2) is 0 Å². The van der Waals surface area contributed by atoms with Crippen molar-refractivity contribution < 1.29 is 9.53 Å². The van der Waals surface area contributed by atoms with Gasteiger partial charge in [-0.3, -0.25) is 4.79 Å². The second-order valence-electron chi connectivity index (χ2n) is 5.51. The Balaban J connectivity index is 2.30. The highest BCUT2D eigenvalue weighted by molar-refractivity contribution is 5.77. The SMILES string of the molecule is COC(C)(C)CC(=O)NCC1(C)CCCN1. The maximum absolute atomic E-state index is 11.7. The number of hydrogen-bond acceptors (Lipinski definition) is 3. The molecule has 1 rings (SSSR count). The van der Waals surface area contributed by atoms with Crippen LogP contribution in [-0.4, -0.2) is 37.2 Å². The van der Waals surface area contributed by atoms with Gasteiger partial charge in [-0.2, -0.15) is 0 Å². The van der Waals surface area contributed by atoms with Crippen molar-refractivity contribution in [3.05, 3.63) is 0 Å². The fraction of sp³-hybridized carbons (Fsp3) is 0.917. The number of methoxy groups -OCH3 is 1. The number of rotatable bonds is 5. The summed E-state index contributed by atoms with van der Waals surface area (Å²) in [6.45, 7) is 7.74. The predicted molar refractivity (Wildman–Crippen MR) is 64.4 cm³/mol. The fourth-order valence-electron chi connectivity index (χ4n) is 1.92. The normalized spacial score (nSPS) is 25.8. The van der Waals surface area contributed by atoms with E-state index in [0.29, 0.717) is 13.0 Å². The summed E-state index contributed by atoms with van der Waals surface area (Å²) < 4.78 is 5.23. The van der Waals surface area contributed by atoms with E-state index in [0.717, 1.165) is 13.0 Å². The van der Waals surface area contributed by atoms with Gasteiger partial charge in [-0.05, 0) is 40.2 Å². The van der Waals surface area contributed by atoms with Crippen molar-refractivity contribution >= 4 is 5.91 Å². The summed E-state index contributed by atoms with van der Waals surface area (Å²) in [5, 5.41) is 6.39. The molecule has 2 N–H and O–H groups in total. The first-order valence-electron chi connectivity index (χ1n) is 5.94. The van der Waals surface area contributed by atoms with Gasteiger partial charge in [0.05, 0.1) is 12.0 Å². The molecular weight excluding hydrogens is 204 g/mol. The maximum Gasteiger partial charge on any atom is 0.222 e. The van der Waals surface area contributed by atoms with Crippen molar-refractivity contribution in [3.63, 3.8) is 0 Å². The lowest BCUT2D eigenvalue weighted by atomic mass is 9.99. The monoisotopic (exact) mass is 228 g/mol. The molecule has 0 aromatic carbocycles. The largest absolute Gasteiger partial charge is 0.378 e. The Morgan fingerprint density at radius 3 is 2.75 bits per heavy atom. The average molecular weight is 228 g/mol. The molecule has 1 aliphatic heterocycles. The molecule has 0 aromatic rings. The number of ether oxygens (including phenoxy) is 1. The molecule has 0 aromatic heterocycles. The smallest absolute Gasteiger partial charge is 0.222 e. The average Bonchev–Trinajstić information content (AvgIpc) is 2.63. The Hall–Kier alpha value is -0.610. The summed E-state index contributed by atoms with van der Waals surface area (Å²) in [5.41, 5.74) is -0.305. The summed E-state index contributed by atoms with van der Waals surface area (Å²) in [6.07, 6.45) is 2.72. The highest BCUT2D eigenvalue weighted by Crippen LogP contribution is 2.17. The molecule has 4 nitrogen and oxygen atoms in total. The Kier molecular flexibility index (Phi) is 4.33. The van der Waals surface area contributed by atoms with Crippen molar-refractivity contribution in [2.45, 2.75) is 51.2 Å². The van der Waals surface area contributed by atoms with Crippen LogP contribution in [0.5, 0.6) is 0 Å². The van der Waals surface area contributed by atoms with Crippen molar-refractivity contribution in [2.24, 2.45) is 0 Å². The lowest BCUT2D eigenvalue weighted by Crippen LogP contribution is -2.48. The minimum Gasteiger partial charge on any atom is -0.378 e. The molecule has 1 heterocycles. The molecule has 0 radical (unpaired) electrons. The lowest BCUT2D eigenvalue weighted by Gasteiger charge is -2.26. The summed E-state index contributed by atoms with van der Waals surface area (Å²) >= 11 is 0. The van der Waals surface area contributed by atoms with E-state index in [1.165, 1.54) is 6.42 Å². The minimum atomic E-state index is -0.381. The molecule has 1 fully saturated rings. The van der Waals surface area contributed by atoms with E-state index in [1.54, 1.807) is 7.11 Å². The Labute approximate surface area is 98.1 Å².